The topological polar surface area (TPSA) is 46.5 Å². The van der Waals surface area contributed by atoms with E-state index in [9.17, 15) is 0 Å². The van der Waals surface area contributed by atoms with Gasteiger partial charge in [0, 0.05) is 5.02 Å². The first kappa shape index (κ1) is 13.2. The first-order valence-corrected chi connectivity index (χ1v) is 7.86. The highest BCUT2D eigenvalue weighted by atomic mass is 35.5. The molecule has 4 nitrogen and oxygen atoms in total. The molecule has 0 saturated heterocycles. The smallest absolute Gasteiger partial charge is 0.182 e. The number of hydrogen-bond acceptors (Lipinski definition) is 4. The van der Waals surface area contributed by atoms with E-state index in [1.807, 2.05) is 28.8 Å². The van der Waals surface area contributed by atoms with Gasteiger partial charge in [0.1, 0.15) is 11.0 Å². The minimum absolute atomic E-state index is 0.537. The number of halogens is 2. The van der Waals surface area contributed by atoms with Gasteiger partial charge in [-0.15, -0.1) is 0 Å². The molecule has 1 N–H and O–H groups in total. The highest BCUT2D eigenvalue weighted by molar-refractivity contribution is 7.71. The summed E-state index contributed by atoms with van der Waals surface area (Å²) in [7, 11) is 0. The Balaban J connectivity index is 2.21. The van der Waals surface area contributed by atoms with Gasteiger partial charge in [-0.3, -0.25) is 4.57 Å². The fraction of sp³-hybridized carbons (Fsp3) is 0. The summed E-state index contributed by atoms with van der Waals surface area (Å²) in [6.07, 6.45) is 0. The molecule has 0 saturated carbocycles. The Morgan fingerprint density at radius 2 is 2.00 bits per heavy atom. The molecule has 8 heteroatoms. The van der Waals surface area contributed by atoms with Crippen LogP contribution in [0.1, 0.15) is 0 Å². The predicted molar refractivity (Wildman–Crippen MR) is 89.5 cm³/mol. The zero-order valence-corrected chi connectivity index (χ0v) is 13.4. The molecule has 0 aliphatic rings. The summed E-state index contributed by atoms with van der Waals surface area (Å²) in [4.78, 5) is 3.15. The maximum Gasteiger partial charge on any atom is 0.182 e. The third-order valence-corrected chi connectivity index (χ3v) is 4.59. The fourth-order valence-corrected chi connectivity index (χ4v) is 3.56. The fourth-order valence-electron chi connectivity index (χ4n) is 2.32. The van der Waals surface area contributed by atoms with Crippen molar-refractivity contribution in [3.05, 3.63) is 45.1 Å². The Labute approximate surface area is 138 Å². The normalized spacial score (nSPS) is 11.5. The van der Waals surface area contributed by atoms with Crippen LogP contribution in [-0.2, 0) is 0 Å². The number of hydrogen-bond donors (Lipinski definition) is 1. The molecule has 4 rings (SSSR count). The van der Waals surface area contributed by atoms with E-state index in [1.165, 1.54) is 0 Å². The summed E-state index contributed by atoms with van der Waals surface area (Å²) >= 11 is 19.1. The molecule has 0 amide bonds. The Bertz CT molecular complexity index is 1050. The van der Waals surface area contributed by atoms with Crippen LogP contribution < -0.4 is 0 Å². The van der Waals surface area contributed by atoms with Crippen molar-refractivity contribution in [2.75, 3.05) is 0 Å². The van der Waals surface area contributed by atoms with E-state index in [-0.39, 0.29) is 0 Å². The van der Waals surface area contributed by atoms with E-state index in [4.69, 9.17) is 35.4 Å². The van der Waals surface area contributed by atoms with Crippen LogP contribution in [0.2, 0.25) is 10.0 Å². The lowest BCUT2D eigenvalue weighted by molar-refractivity contribution is 1.07. The zero-order chi connectivity index (χ0) is 14.6. The molecule has 2 aromatic carbocycles. The summed E-state index contributed by atoms with van der Waals surface area (Å²) in [6, 6.07) is 9.18. The molecule has 4 aromatic rings. The number of fused-ring (bicyclic) bond motifs is 2. The van der Waals surface area contributed by atoms with E-state index in [0.717, 1.165) is 39.5 Å². The van der Waals surface area contributed by atoms with Crippen LogP contribution in [0, 0.1) is 4.77 Å². The second-order valence-electron chi connectivity index (χ2n) is 4.45. The number of aromatic amines is 1. The molecule has 104 valence electrons. The second kappa shape index (κ2) is 4.78. The summed E-state index contributed by atoms with van der Waals surface area (Å²) in [5.74, 6) is 0. The molecule has 2 heterocycles. The van der Waals surface area contributed by atoms with Crippen molar-refractivity contribution in [2.45, 2.75) is 0 Å². The third kappa shape index (κ3) is 1.98. The molecular weight excluding hydrogens is 347 g/mol. The third-order valence-electron chi connectivity index (χ3n) is 3.22. The molecule has 0 atom stereocenters. The van der Waals surface area contributed by atoms with Crippen LogP contribution in [0.4, 0.5) is 0 Å². The number of benzene rings is 2. The van der Waals surface area contributed by atoms with Crippen LogP contribution >= 0.6 is 47.1 Å². The first-order chi connectivity index (χ1) is 10.1. The highest BCUT2D eigenvalue weighted by Crippen LogP contribution is 2.32. The van der Waals surface area contributed by atoms with Gasteiger partial charge in [0.05, 0.1) is 33.5 Å². The molecule has 2 aromatic heterocycles. The monoisotopic (exact) mass is 352 g/mol. The molecular formula is C13H6Cl2N4S2. The lowest BCUT2D eigenvalue weighted by atomic mass is 10.2. The van der Waals surface area contributed by atoms with E-state index < -0.39 is 0 Å². The van der Waals surface area contributed by atoms with Crippen LogP contribution in [0.5, 0.6) is 0 Å². The summed E-state index contributed by atoms with van der Waals surface area (Å²) in [6.45, 7) is 0. The molecule has 0 unspecified atom stereocenters. The van der Waals surface area contributed by atoms with Gasteiger partial charge < -0.3 is 4.98 Å². The molecule has 21 heavy (non-hydrogen) atoms. The quantitative estimate of drug-likeness (QED) is 0.490. The van der Waals surface area contributed by atoms with Gasteiger partial charge in [0.15, 0.2) is 4.77 Å². The zero-order valence-electron chi connectivity index (χ0n) is 10.3. The minimum atomic E-state index is 0.537. The molecule has 0 aliphatic heterocycles. The molecule has 0 radical (unpaired) electrons. The van der Waals surface area contributed by atoms with Gasteiger partial charge in [-0.2, -0.15) is 8.75 Å². The largest absolute Gasteiger partial charge is 0.330 e. The van der Waals surface area contributed by atoms with Gasteiger partial charge in [0.2, 0.25) is 0 Å². The van der Waals surface area contributed by atoms with Crippen molar-refractivity contribution in [1.29, 1.82) is 0 Å². The molecule has 0 aliphatic carbocycles. The van der Waals surface area contributed by atoms with Crippen molar-refractivity contribution < 1.29 is 0 Å². The lowest BCUT2D eigenvalue weighted by Gasteiger charge is -2.07. The van der Waals surface area contributed by atoms with Crippen molar-refractivity contribution >= 4 is 69.2 Å². The summed E-state index contributed by atoms with van der Waals surface area (Å²) in [5.41, 5.74) is 3.99. The van der Waals surface area contributed by atoms with Crippen molar-refractivity contribution in [1.82, 2.24) is 18.3 Å². The second-order valence-corrected chi connectivity index (χ2v) is 6.21. The van der Waals surface area contributed by atoms with Crippen LogP contribution in [-0.4, -0.2) is 18.3 Å². The summed E-state index contributed by atoms with van der Waals surface area (Å²) < 4.78 is 11.0. The number of nitrogens with one attached hydrogen (secondary N) is 1. The standard InChI is InChI=1S/C13H6Cl2N4S2/c14-6-1-3-8-10(5-6)19(13(20)16-8)12-7(15)2-4-9-11(12)18-21-17-9/h1-5H,(H,16,20). The van der Waals surface area contributed by atoms with Gasteiger partial charge in [-0.25, -0.2) is 0 Å². The van der Waals surface area contributed by atoms with E-state index in [2.05, 4.69) is 13.7 Å². The van der Waals surface area contributed by atoms with E-state index >= 15 is 0 Å². The molecule has 0 fully saturated rings. The van der Waals surface area contributed by atoms with Gasteiger partial charge in [0.25, 0.3) is 0 Å². The van der Waals surface area contributed by atoms with E-state index in [1.54, 1.807) is 6.07 Å². The van der Waals surface area contributed by atoms with Crippen LogP contribution in [0.15, 0.2) is 30.3 Å². The highest BCUT2D eigenvalue weighted by Gasteiger charge is 2.16. The number of imidazole rings is 1. The Hall–Kier alpha value is -1.47. The predicted octanol–water partition coefficient (Wildman–Crippen LogP) is 5.00. The van der Waals surface area contributed by atoms with Crippen LogP contribution in [0.3, 0.4) is 0 Å². The molecule has 0 bridgehead atoms. The van der Waals surface area contributed by atoms with Crippen molar-refractivity contribution in [2.24, 2.45) is 0 Å². The van der Waals surface area contributed by atoms with Gasteiger partial charge in [-0.1, -0.05) is 23.2 Å². The van der Waals surface area contributed by atoms with Crippen molar-refractivity contribution in [3.63, 3.8) is 0 Å². The Morgan fingerprint density at radius 1 is 1.14 bits per heavy atom. The SMILES string of the molecule is S=c1[nH]c2ccc(Cl)cc2n1-c1c(Cl)ccc2nsnc12. The van der Waals surface area contributed by atoms with Gasteiger partial charge >= 0.3 is 0 Å². The van der Waals surface area contributed by atoms with Crippen LogP contribution in [0.25, 0.3) is 27.8 Å². The maximum atomic E-state index is 6.39. The lowest BCUT2D eigenvalue weighted by Crippen LogP contribution is -1.96. The Morgan fingerprint density at radius 3 is 2.86 bits per heavy atom. The van der Waals surface area contributed by atoms with E-state index in [0.29, 0.717) is 14.8 Å². The average molecular weight is 353 g/mol. The number of rotatable bonds is 1. The number of H-pyrrole nitrogens is 1. The maximum absolute atomic E-state index is 6.39. The van der Waals surface area contributed by atoms with Gasteiger partial charge in [-0.05, 0) is 42.5 Å². The number of nitrogens with zero attached hydrogens (tertiary/aromatic N) is 3. The average Bonchev–Trinajstić information content (AvgIpc) is 3.03. The minimum Gasteiger partial charge on any atom is -0.330 e. The first-order valence-electron chi connectivity index (χ1n) is 5.96. The number of aromatic nitrogens is 4. The molecule has 0 spiro atoms. The Kier molecular flexibility index (Phi) is 3.00. The van der Waals surface area contributed by atoms with Crippen molar-refractivity contribution in [3.8, 4) is 5.69 Å². The summed E-state index contributed by atoms with van der Waals surface area (Å²) in [5, 5.41) is 1.19.